The van der Waals surface area contributed by atoms with Crippen molar-refractivity contribution in [2.75, 3.05) is 18.1 Å². The predicted molar refractivity (Wildman–Crippen MR) is 187 cm³/mol. The van der Waals surface area contributed by atoms with Crippen molar-refractivity contribution in [3.8, 4) is 5.75 Å². The summed E-state index contributed by atoms with van der Waals surface area (Å²) in [5.41, 5.74) is 6.91. The average molecular weight is 734 g/mol. The SMILES string of the molecule is CCCCC1(CC)C(O)C(c2ccccc2)c2cc(SCC(=O)NC(C(=O)NCCS(=O)(=O)O)c3ccc(O)cc3)ccc2S(=O)(=O)C1N. The minimum absolute atomic E-state index is 0.0301. The van der Waals surface area contributed by atoms with Gasteiger partial charge in [-0.1, -0.05) is 69.2 Å². The van der Waals surface area contributed by atoms with E-state index in [0.717, 1.165) is 23.7 Å². The van der Waals surface area contributed by atoms with Gasteiger partial charge >= 0.3 is 0 Å². The molecule has 0 saturated heterocycles. The second kappa shape index (κ2) is 16.0. The van der Waals surface area contributed by atoms with Crippen LogP contribution in [0.5, 0.6) is 5.75 Å². The first-order chi connectivity index (χ1) is 23.1. The van der Waals surface area contributed by atoms with E-state index in [1.165, 1.54) is 30.3 Å². The predicted octanol–water partition coefficient (Wildman–Crippen LogP) is 3.50. The molecular formula is C34H43N3O9S3. The van der Waals surface area contributed by atoms with Crippen molar-refractivity contribution in [1.29, 1.82) is 0 Å². The Morgan fingerprint density at radius 1 is 1.04 bits per heavy atom. The molecule has 0 fully saturated rings. The number of aliphatic hydroxyl groups excluding tert-OH is 1. The van der Waals surface area contributed by atoms with Crippen LogP contribution < -0.4 is 16.4 Å². The van der Waals surface area contributed by atoms with Crippen molar-refractivity contribution >= 4 is 43.5 Å². The fourth-order valence-corrected chi connectivity index (χ4v) is 9.57. The molecule has 0 bridgehead atoms. The number of thioether (sulfide) groups is 1. The minimum atomic E-state index is -4.33. The van der Waals surface area contributed by atoms with Crippen molar-refractivity contribution in [3.63, 3.8) is 0 Å². The maximum Gasteiger partial charge on any atom is 0.266 e. The van der Waals surface area contributed by atoms with E-state index in [1.54, 1.807) is 12.1 Å². The fraction of sp³-hybridized carbons (Fsp3) is 0.412. The molecule has 3 aromatic rings. The van der Waals surface area contributed by atoms with Crippen LogP contribution in [0.3, 0.4) is 0 Å². The van der Waals surface area contributed by atoms with Gasteiger partial charge in [0.25, 0.3) is 10.1 Å². The van der Waals surface area contributed by atoms with E-state index >= 15 is 0 Å². The third-order valence-corrected chi connectivity index (χ3v) is 12.9. The molecule has 0 aliphatic carbocycles. The molecule has 0 aromatic heterocycles. The lowest BCUT2D eigenvalue weighted by Crippen LogP contribution is -2.53. The Morgan fingerprint density at radius 2 is 1.71 bits per heavy atom. The summed E-state index contributed by atoms with van der Waals surface area (Å²) < 4.78 is 59.5. The number of nitrogens with one attached hydrogen (secondary N) is 2. The lowest BCUT2D eigenvalue weighted by molar-refractivity contribution is -0.128. The number of fused-ring (bicyclic) bond motifs is 1. The van der Waals surface area contributed by atoms with E-state index in [9.17, 15) is 36.6 Å². The molecule has 1 aliphatic rings. The van der Waals surface area contributed by atoms with Gasteiger partial charge in [0.05, 0.1) is 22.5 Å². The van der Waals surface area contributed by atoms with Crippen molar-refractivity contribution in [1.82, 2.24) is 10.6 Å². The monoisotopic (exact) mass is 733 g/mol. The van der Waals surface area contributed by atoms with Crippen molar-refractivity contribution in [2.45, 2.75) is 72.8 Å². The molecule has 49 heavy (non-hydrogen) atoms. The zero-order valence-corrected chi connectivity index (χ0v) is 29.7. The summed E-state index contributed by atoms with van der Waals surface area (Å²) in [4.78, 5) is 26.8. The van der Waals surface area contributed by atoms with Crippen LogP contribution in [0.2, 0.25) is 0 Å². The van der Waals surface area contributed by atoms with Crippen LogP contribution in [0.15, 0.2) is 82.6 Å². The van der Waals surface area contributed by atoms with E-state index in [0.29, 0.717) is 35.3 Å². The Hall–Kier alpha value is -3.47. The number of aromatic hydroxyl groups is 1. The van der Waals surface area contributed by atoms with E-state index in [2.05, 4.69) is 10.6 Å². The molecule has 5 unspecified atom stereocenters. The van der Waals surface area contributed by atoms with Crippen LogP contribution >= 0.6 is 11.8 Å². The van der Waals surface area contributed by atoms with Gasteiger partial charge in [-0.05, 0) is 59.9 Å². The number of hydrogen-bond donors (Lipinski definition) is 6. The number of unbranched alkanes of at least 4 members (excludes halogenated alkanes) is 1. The molecule has 7 N–H and O–H groups in total. The summed E-state index contributed by atoms with van der Waals surface area (Å²) in [6, 6.07) is 18.2. The summed E-state index contributed by atoms with van der Waals surface area (Å²) >= 11 is 1.10. The third kappa shape index (κ3) is 8.83. The average Bonchev–Trinajstić information content (AvgIpc) is 3.11. The topological polar surface area (TPSA) is 213 Å². The quantitative estimate of drug-likeness (QED) is 0.104. The van der Waals surface area contributed by atoms with Crippen LogP contribution in [-0.2, 0) is 29.5 Å². The summed E-state index contributed by atoms with van der Waals surface area (Å²) in [6.07, 6.45) is 1.12. The third-order valence-electron chi connectivity index (χ3n) is 9.06. The maximum atomic E-state index is 14.1. The summed E-state index contributed by atoms with van der Waals surface area (Å²) in [5.74, 6) is -3.01. The number of sulfone groups is 1. The van der Waals surface area contributed by atoms with Crippen LogP contribution in [0.1, 0.15) is 68.2 Å². The summed E-state index contributed by atoms with van der Waals surface area (Å²) in [6.45, 7) is 3.45. The van der Waals surface area contributed by atoms with Crippen molar-refractivity contribution in [3.05, 3.63) is 89.5 Å². The lowest BCUT2D eigenvalue weighted by atomic mass is 9.68. The summed E-state index contributed by atoms with van der Waals surface area (Å²) in [7, 11) is -8.43. The standard InChI is InChI=1S/C34H43N3O9S3/c1-3-5-17-34(4-2)31(40)29(22-9-7-6-8-10-22)26-20-25(15-16-27(26)49(45,46)33(34)35)47-21-28(39)37-30(23-11-13-24(38)14-12-23)32(41)36-18-19-48(42,43)44/h6-16,20,29-31,33,38,40H,3-5,17-19,21,35H2,1-2H3,(H,36,41)(H,37,39)(H,42,43,44). The molecule has 1 aliphatic heterocycles. The minimum Gasteiger partial charge on any atom is -0.508 e. The van der Waals surface area contributed by atoms with Gasteiger partial charge in [0.1, 0.15) is 17.2 Å². The Bertz CT molecular complexity index is 1840. The van der Waals surface area contributed by atoms with Crippen LogP contribution in [0.4, 0.5) is 0 Å². The maximum absolute atomic E-state index is 14.1. The van der Waals surface area contributed by atoms with Crippen molar-refractivity contribution in [2.24, 2.45) is 11.1 Å². The number of carbonyl (C=O) groups is 2. The Balaban J connectivity index is 1.64. The largest absolute Gasteiger partial charge is 0.508 e. The Labute approximate surface area is 291 Å². The van der Waals surface area contributed by atoms with E-state index in [4.69, 9.17) is 10.3 Å². The second-order valence-electron chi connectivity index (χ2n) is 12.1. The van der Waals surface area contributed by atoms with Gasteiger partial charge in [0.2, 0.25) is 11.8 Å². The van der Waals surface area contributed by atoms with E-state index in [-0.39, 0.29) is 16.4 Å². The molecule has 4 rings (SSSR count). The lowest BCUT2D eigenvalue weighted by Gasteiger charge is -2.42. The highest BCUT2D eigenvalue weighted by Gasteiger charge is 2.54. The second-order valence-corrected chi connectivity index (χ2v) is 16.8. The first kappa shape index (κ1) is 38.3. The molecule has 12 nitrogen and oxygen atoms in total. The number of aliphatic hydroxyl groups is 1. The van der Waals surface area contributed by atoms with E-state index < -0.39 is 72.9 Å². The van der Waals surface area contributed by atoms with E-state index in [1.807, 2.05) is 44.2 Å². The van der Waals surface area contributed by atoms with Crippen LogP contribution in [0.25, 0.3) is 0 Å². The van der Waals surface area contributed by atoms with Gasteiger partial charge < -0.3 is 26.6 Å². The van der Waals surface area contributed by atoms with Crippen LogP contribution in [0, 0.1) is 5.41 Å². The number of hydrogen-bond acceptors (Lipinski definition) is 10. The number of phenolic OH excluding ortho intramolecular Hbond substituents is 1. The molecule has 0 spiro atoms. The molecule has 2 amide bonds. The van der Waals surface area contributed by atoms with Gasteiger partial charge in [-0.25, -0.2) is 8.42 Å². The van der Waals surface area contributed by atoms with Gasteiger partial charge in [0.15, 0.2) is 9.84 Å². The normalized spacial score (nSPS) is 22.3. The number of benzene rings is 3. The zero-order chi connectivity index (χ0) is 36.0. The molecule has 3 aromatic carbocycles. The number of carbonyl (C=O) groups excluding carboxylic acids is 2. The highest BCUT2D eigenvalue weighted by molar-refractivity contribution is 8.00. The van der Waals surface area contributed by atoms with Gasteiger partial charge in [-0.15, -0.1) is 11.8 Å². The molecular weight excluding hydrogens is 691 g/mol. The first-order valence-corrected chi connectivity index (χ1v) is 20.1. The number of rotatable bonds is 14. The number of nitrogens with two attached hydrogens (primary N) is 1. The summed E-state index contributed by atoms with van der Waals surface area (Å²) in [5, 5.41) is 25.5. The Morgan fingerprint density at radius 3 is 2.33 bits per heavy atom. The molecule has 0 radical (unpaired) electrons. The Kier molecular flexibility index (Phi) is 12.5. The van der Waals surface area contributed by atoms with Gasteiger partial charge in [-0.2, -0.15) is 8.42 Å². The van der Waals surface area contributed by atoms with Crippen LogP contribution in [-0.4, -0.2) is 72.9 Å². The smallest absolute Gasteiger partial charge is 0.266 e. The fourth-order valence-electron chi connectivity index (χ4n) is 6.36. The van der Waals surface area contributed by atoms with Crippen molar-refractivity contribution < 1.29 is 41.2 Å². The zero-order valence-electron chi connectivity index (χ0n) is 27.3. The number of amides is 2. The highest BCUT2D eigenvalue weighted by atomic mass is 32.2. The molecule has 0 saturated carbocycles. The number of phenols is 1. The molecule has 266 valence electrons. The molecule has 5 atom stereocenters. The molecule has 15 heteroatoms. The highest BCUT2D eigenvalue weighted by Crippen LogP contribution is 2.51. The molecule has 1 heterocycles. The first-order valence-electron chi connectivity index (χ1n) is 15.9. The van der Waals surface area contributed by atoms with Gasteiger partial charge in [-0.3, -0.25) is 14.1 Å². The van der Waals surface area contributed by atoms with Gasteiger partial charge in [0, 0.05) is 22.8 Å².